The van der Waals surface area contributed by atoms with E-state index in [0.29, 0.717) is 0 Å². The molecule has 1 aromatic rings. The zero-order valence-corrected chi connectivity index (χ0v) is 8.72. The molecule has 1 amide bonds. The average Bonchev–Trinajstić information content (AvgIpc) is 2.78. The van der Waals surface area contributed by atoms with Crippen molar-refractivity contribution in [2.75, 3.05) is 13.7 Å². The van der Waals surface area contributed by atoms with Crippen molar-refractivity contribution >= 4 is 6.09 Å². The van der Waals surface area contributed by atoms with Crippen LogP contribution in [0, 0.1) is 0 Å². The number of carbonyl (C=O) groups excluding carboxylic acids is 1. The van der Waals surface area contributed by atoms with E-state index >= 15 is 0 Å². The van der Waals surface area contributed by atoms with Crippen molar-refractivity contribution in [3.05, 3.63) is 30.1 Å². The van der Waals surface area contributed by atoms with E-state index in [9.17, 15) is 4.79 Å². The first-order valence-electron chi connectivity index (χ1n) is 5.07. The third kappa shape index (κ3) is 1.93. The topological polar surface area (TPSA) is 42.4 Å². The largest absolute Gasteiger partial charge is 0.453 e. The summed E-state index contributed by atoms with van der Waals surface area (Å²) in [6.07, 6.45) is 5.31. The second-order valence-corrected chi connectivity index (χ2v) is 3.61. The summed E-state index contributed by atoms with van der Waals surface area (Å²) in [5, 5.41) is 0. The Labute approximate surface area is 88.9 Å². The standard InChI is InChI=1S/C11H14N2O2/c1-15-11(14)13-7-3-5-10(13)9-4-2-6-12-8-9/h2,4,6,8,10H,3,5,7H2,1H3. The number of hydrogen-bond acceptors (Lipinski definition) is 3. The molecule has 0 aromatic carbocycles. The molecule has 0 radical (unpaired) electrons. The third-order valence-electron chi connectivity index (χ3n) is 2.73. The SMILES string of the molecule is COC(=O)N1CCCC1c1cccnc1. The normalized spacial score (nSPS) is 20.3. The minimum Gasteiger partial charge on any atom is -0.453 e. The Kier molecular flexibility index (Phi) is 2.85. The number of carbonyl (C=O) groups is 1. The number of ether oxygens (including phenoxy) is 1. The van der Waals surface area contributed by atoms with E-state index in [4.69, 9.17) is 4.74 Å². The quantitative estimate of drug-likeness (QED) is 0.705. The first kappa shape index (κ1) is 9.96. The Morgan fingerprint density at radius 2 is 2.53 bits per heavy atom. The van der Waals surface area contributed by atoms with Crippen LogP contribution in [0.1, 0.15) is 24.4 Å². The van der Waals surface area contributed by atoms with Gasteiger partial charge in [-0.3, -0.25) is 4.98 Å². The van der Waals surface area contributed by atoms with Crippen molar-refractivity contribution in [1.29, 1.82) is 0 Å². The van der Waals surface area contributed by atoms with Crippen molar-refractivity contribution in [1.82, 2.24) is 9.88 Å². The Bertz CT molecular complexity index is 340. The fourth-order valence-corrected chi connectivity index (χ4v) is 2.02. The number of likely N-dealkylation sites (tertiary alicyclic amines) is 1. The molecule has 1 atom stereocenters. The summed E-state index contributed by atoms with van der Waals surface area (Å²) in [4.78, 5) is 17.3. The van der Waals surface area contributed by atoms with Crippen molar-refractivity contribution in [3.63, 3.8) is 0 Å². The van der Waals surface area contributed by atoms with Gasteiger partial charge in [-0.2, -0.15) is 0 Å². The summed E-state index contributed by atoms with van der Waals surface area (Å²) in [5.74, 6) is 0. The van der Waals surface area contributed by atoms with Crippen molar-refractivity contribution in [2.45, 2.75) is 18.9 Å². The van der Waals surface area contributed by atoms with Crippen molar-refractivity contribution in [2.24, 2.45) is 0 Å². The number of nitrogens with zero attached hydrogens (tertiary/aromatic N) is 2. The summed E-state index contributed by atoms with van der Waals surface area (Å²) < 4.78 is 4.75. The monoisotopic (exact) mass is 206 g/mol. The molecule has 4 nitrogen and oxygen atoms in total. The lowest BCUT2D eigenvalue weighted by molar-refractivity contribution is 0.119. The van der Waals surface area contributed by atoms with Crippen LogP contribution in [0.2, 0.25) is 0 Å². The van der Waals surface area contributed by atoms with Crippen LogP contribution in [0.4, 0.5) is 4.79 Å². The summed E-state index contributed by atoms with van der Waals surface area (Å²) in [5.41, 5.74) is 1.08. The van der Waals surface area contributed by atoms with Gasteiger partial charge in [0, 0.05) is 18.9 Å². The van der Waals surface area contributed by atoms with E-state index in [1.165, 1.54) is 7.11 Å². The van der Waals surface area contributed by atoms with Gasteiger partial charge < -0.3 is 9.64 Å². The van der Waals surface area contributed by atoms with E-state index in [1.54, 1.807) is 11.1 Å². The van der Waals surface area contributed by atoms with E-state index < -0.39 is 0 Å². The Morgan fingerprint density at radius 3 is 3.20 bits per heavy atom. The van der Waals surface area contributed by atoms with Gasteiger partial charge in [0.15, 0.2) is 0 Å². The molecular weight excluding hydrogens is 192 g/mol. The van der Waals surface area contributed by atoms with Crippen molar-refractivity contribution in [3.8, 4) is 0 Å². The van der Waals surface area contributed by atoms with E-state index in [1.807, 2.05) is 18.3 Å². The molecule has 1 aliphatic heterocycles. The lowest BCUT2D eigenvalue weighted by atomic mass is 10.1. The maximum absolute atomic E-state index is 11.5. The van der Waals surface area contributed by atoms with Crippen LogP contribution >= 0.6 is 0 Å². The first-order valence-corrected chi connectivity index (χ1v) is 5.07. The molecule has 2 rings (SSSR count). The van der Waals surface area contributed by atoms with E-state index in [-0.39, 0.29) is 12.1 Å². The maximum Gasteiger partial charge on any atom is 0.409 e. The molecule has 0 saturated carbocycles. The highest BCUT2D eigenvalue weighted by Crippen LogP contribution is 2.31. The molecule has 0 bridgehead atoms. The number of amides is 1. The lowest BCUT2D eigenvalue weighted by Gasteiger charge is -2.23. The molecule has 0 N–H and O–H groups in total. The first-order chi connectivity index (χ1) is 7.33. The molecule has 0 aliphatic carbocycles. The molecule has 15 heavy (non-hydrogen) atoms. The number of hydrogen-bond donors (Lipinski definition) is 0. The number of aromatic nitrogens is 1. The smallest absolute Gasteiger partial charge is 0.409 e. The zero-order chi connectivity index (χ0) is 10.7. The molecular formula is C11H14N2O2. The Hall–Kier alpha value is -1.58. The van der Waals surface area contributed by atoms with Gasteiger partial charge in [-0.25, -0.2) is 4.79 Å². The van der Waals surface area contributed by atoms with Gasteiger partial charge in [0.25, 0.3) is 0 Å². The lowest BCUT2D eigenvalue weighted by Crippen LogP contribution is -2.30. The fourth-order valence-electron chi connectivity index (χ4n) is 2.02. The van der Waals surface area contributed by atoms with Gasteiger partial charge in [-0.05, 0) is 24.5 Å². The Morgan fingerprint density at radius 1 is 1.67 bits per heavy atom. The number of pyridine rings is 1. The average molecular weight is 206 g/mol. The highest BCUT2D eigenvalue weighted by Gasteiger charge is 2.30. The minimum absolute atomic E-state index is 0.131. The molecule has 1 saturated heterocycles. The summed E-state index contributed by atoms with van der Waals surface area (Å²) in [6.45, 7) is 0.770. The number of rotatable bonds is 1. The molecule has 1 aliphatic rings. The predicted octanol–water partition coefficient (Wildman–Crippen LogP) is 1.98. The van der Waals surface area contributed by atoms with Gasteiger partial charge in [0.1, 0.15) is 0 Å². The van der Waals surface area contributed by atoms with Crippen LogP contribution in [0.5, 0.6) is 0 Å². The summed E-state index contributed by atoms with van der Waals surface area (Å²) in [7, 11) is 1.42. The van der Waals surface area contributed by atoms with Gasteiger partial charge in [-0.15, -0.1) is 0 Å². The van der Waals surface area contributed by atoms with E-state index in [2.05, 4.69) is 4.98 Å². The van der Waals surface area contributed by atoms with Crippen LogP contribution in [0.25, 0.3) is 0 Å². The molecule has 1 aromatic heterocycles. The van der Waals surface area contributed by atoms with Crippen LogP contribution < -0.4 is 0 Å². The molecule has 0 spiro atoms. The molecule has 80 valence electrons. The molecule has 2 heterocycles. The van der Waals surface area contributed by atoms with Crippen molar-refractivity contribution < 1.29 is 9.53 Å². The maximum atomic E-state index is 11.5. The van der Waals surface area contributed by atoms with E-state index in [0.717, 1.165) is 24.9 Å². The predicted molar refractivity (Wildman–Crippen MR) is 55.3 cm³/mol. The summed E-state index contributed by atoms with van der Waals surface area (Å²) in [6, 6.07) is 4.02. The van der Waals surface area contributed by atoms with Gasteiger partial charge in [0.2, 0.25) is 0 Å². The summed E-state index contributed by atoms with van der Waals surface area (Å²) >= 11 is 0. The van der Waals surface area contributed by atoms with Crippen LogP contribution in [-0.4, -0.2) is 29.6 Å². The molecule has 4 heteroatoms. The number of methoxy groups -OCH3 is 1. The van der Waals surface area contributed by atoms with Gasteiger partial charge in [-0.1, -0.05) is 6.07 Å². The van der Waals surface area contributed by atoms with Crippen LogP contribution in [-0.2, 0) is 4.74 Å². The highest BCUT2D eigenvalue weighted by molar-refractivity contribution is 5.68. The molecule has 1 unspecified atom stereocenters. The van der Waals surface area contributed by atoms with Gasteiger partial charge >= 0.3 is 6.09 Å². The van der Waals surface area contributed by atoms with Gasteiger partial charge in [0.05, 0.1) is 13.2 Å². The molecule has 1 fully saturated rings. The second kappa shape index (κ2) is 4.29. The fraction of sp³-hybridized carbons (Fsp3) is 0.455. The zero-order valence-electron chi connectivity index (χ0n) is 8.72. The third-order valence-corrected chi connectivity index (χ3v) is 2.73. The van der Waals surface area contributed by atoms with Crippen LogP contribution in [0.3, 0.4) is 0 Å². The Balaban J connectivity index is 2.18. The van der Waals surface area contributed by atoms with Crippen LogP contribution in [0.15, 0.2) is 24.5 Å². The highest BCUT2D eigenvalue weighted by atomic mass is 16.5. The minimum atomic E-state index is -0.249. The second-order valence-electron chi connectivity index (χ2n) is 3.61.